The Morgan fingerprint density at radius 1 is 1.45 bits per heavy atom. The van der Waals surface area contributed by atoms with Gasteiger partial charge in [-0.05, 0) is 53.7 Å². The SMILES string of the molecule is CCCOc1c(Br)ccc2c1cnn2C1CCCCO1. The van der Waals surface area contributed by atoms with Gasteiger partial charge in [-0.15, -0.1) is 0 Å². The van der Waals surface area contributed by atoms with Gasteiger partial charge in [0.25, 0.3) is 0 Å². The number of halogens is 1. The van der Waals surface area contributed by atoms with Crippen molar-refractivity contribution < 1.29 is 9.47 Å². The first-order valence-corrected chi connectivity index (χ1v) is 8.00. The second kappa shape index (κ2) is 6.14. The number of ether oxygens (including phenoxy) is 2. The molecule has 2 aromatic rings. The van der Waals surface area contributed by atoms with Gasteiger partial charge >= 0.3 is 0 Å². The first kappa shape index (κ1) is 13.9. The Kier molecular flexibility index (Phi) is 4.27. The minimum absolute atomic E-state index is 0.0569. The van der Waals surface area contributed by atoms with E-state index in [1.54, 1.807) is 0 Å². The Hall–Kier alpha value is -1.07. The van der Waals surface area contributed by atoms with E-state index in [1.165, 1.54) is 6.42 Å². The lowest BCUT2D eigenvalue weighted by Gasteiger charge is -2.23. The number of nitrogens with zero attached hydrogens (tertiary/aromatic N) is 2. The van der Waals surface area contributed by atoms with Crippen molar-refractivity contribution in [1.82, 2.24) is 9.78 Å². The third-order valence-corrected chi connectivity index (χ3v) is 4.19. The standard InChI is InChI=1S/C15H19BrN2O2/c1-2-8-20-15-11-10-17-18(13(11)7-6-12(15)16)14-5-3-4-9-19-14/h6-7,10,14H,2-5,8-9H2,1H3. The number of aromatic nitrogens is 2. The highest BCUT2D eigenvalue weighted by Crippen LogP contribution is 2.36. The fourth-order valence-corrected chi connectivity index (χ4v) is 3.03. The van der Waals surface area contributed by atoms with Gasteiger partial charge in [0.15, 0.2) is 6.23 Å². The number of rotatable bonds is 4. The molecular weight excluding hydrogens is 320 g/mol. The Morgan fingerprint density at radius 3 is 3.10 bits per heavy atom. The molecule has 1 fully saturated rings. The topological polar surface area (TPSA) is 36.3 Å². The summed E-state index contributed by atoms with van der Waals surface area (Å²) in [7, 11) is 0. The maximum absolute atomic E-state index is 5.86. The summed E-state index contributed by atoms with van der Waals surface area (Å²) in [6.45, 7) is 3.64. The predicted octanol–water partition coefficient (Wildman–Crippen LogP) is 4.29. The molecule has 1 aliphatic rings. The van der Waals surface area contributed by atoms with Gasteiger partial charge < -0.3 is 9.47 Å². The summed E-state index contributed by atoms with van der Waals surface area (Å²) in [4.78, 5) is 0. The average molecular weight is 339 g/mol. The molecule has 0 bridgehead atoms. The summed E-state index contributed by atoms with van der Waals surface area (Å²) in [5.74, 6) is 0.881. The van der Waals surface area contributed by atoms with Crippen LogP contribution in [0.15, 0.2) is 22.8 Å². The van der Waals surface area contributed by atoms with Crippen molar-refractivity contribution in [2.75, 3.05) is 13.2 Å². The molecule has 1 saturated heterocycles. The van der Waals surface area contributed by atoms with Crippen LogP contribution in [0.25, 0.3) is 10.9 Å². The summed E-state index contributed by atoms with van der Waals surface area (Å²) in [5, 5.41) is 5.56. The molecule has 0 spiro atoms. The van der Waals surface area contributed by atoms with Crippen molar-refractivity contribution in [2.24, 2.45) is 0 Å². The van der Waals surface area contributed by atoms with Gasteiger partial charge in [-0.3, -0.25) is 0 Å². The van der Waals surface area contributed by atoms with Crippen LogP contribution in [-0.4, -0.2) is 23.0 Å². The molecule has 4 nitrogen and oxygen atoms in total. The van der Waals surface area contributed by atoms with Crippen LogP contribution >= 0.6 is 15.9 Å². The lowest BCUT2D eigenvalue weighted by atomic mass is 10.2. The number of benzene rings is 1. The Labute approximate surface area is 127 Å². The highest BCUT2D eigenvalue weighted by atomic mass is 79.9. The first-order chi connectivity index (χ1) is 9.81. The van der Waals surface area contributed by atoms with E-state index in [-0.39, 0.29) is 6.23 Å². The van der Waals surface area contributed by atoms with Crippen molar-refractivity contribution in [1.29, 1.82) is 0 Å². The van der Waals surface area contributed by atoms with Gasteiger partial charge in [0.1, 0.15) is 5.75 Å². The number of fused-ring (bicyclic) bond motifs is 1. The maximum Gasteiger partial charge on any atom is 0.150 e. The molecular formula is C15H19BrN2O2. The predicted molar refractivity (Wildman–Crippen MR) is 82.1 cm³/mol. The molecule has 1 unspecified atom stereocenters. The van der Waals surface area contributed by atoms with Gasteiger partial charge in [0.2, 0.25) is 0 Å². The van der Waals surface area contributed by atoms with E-state index < -0.39 is 0 Å². The minimum atomic E-state index is 0.0569. The zero-order valence-electron chi connectivity index (χ0n) is 11.6. The second-order valence-corrected chi connectivity index (χ2v) is 5.92. The molecule has 5 heteroatoms. The van der Waals surface area contributed by atoms with E-state index in [2.05, 4.69) is 34.0 Å². The average Bonchev–Trinajstić information content (AvgIpc) is 2.91. The first-order valence-electron chi connectivity index (χ1n) is 7.21. The highest BCUT2D eigenvalue weighted by Gasteiger charge is 2.20. The zero-order valence-corrected chi connectivity index (χ0v) is 13.2. The van der Waals surface area contributed by atoms with Gasteiger partial charge in [-0.2, -0.15) is 5.10 Å². The largest absolute Gasteiger partial charge is 0.492 e. The smallest absolute Gasteiger partial charge is 0.150 e. The van der Waals surface area contributed by atoms with E-state index in [4.69, 9.17) is 9.47 Å². The molecule has 2 heterocycles. The van der Waals surface area contributed by atoms with E-state index >= 15 is 0 Å². The minimum Gasteiger partial charge on any atom is -0.492 e. The summed E-state index contributed by atoms with van der Waals surface area (Å²) < 4.78 is 14.6. The van der Waals surface area contributed by atoms with Gasteiger partial charge in [-0.25, -0.2) is 4.68 Å². The fourth-order valence-electron chi connectivity index (χ4n) is 2.57. The lowest BCUT2D eigenvalue weighted by Crippen LogP contribution is -2.18. The maximum atomic E-state index is 5.86. The van der Waals surface area contributed by atoms with Gasteiger partial charge in [-0.1, -0.05) is 6.92 Å². The quantitative estimate of drug-likeness (QED) is 0.834. The zero-order chi connectivity index (χ0) is 13.9. The molecule has 0 amide bonds. The lowest BCUT2D eigenvalue weighted by molar-refractivity contribution is -0.0366. The Bertz CT molecular complexity index is 591. The summed E-state index contributed by atoms with van der Waals surface area (Å²) >= 11 is 3.56. The van der Waals surface area contributed by atoms with E-state index in [0.29, 0.717) is 6.61 Å². The molecule has 3 rings (SSSR count). The molecule has 0 radical (unpaired) electrons. The third-order valence-electron chi connectivity index (χ3n) is 3.56. The number of hydrogen-bond donors (Lipinski definition) is 0. The van der Waals surface area contributed by atoms with Gasteiger partial charge in [0, 0.05) is 6.61 Å². The van der Waals surface area contributed by atoms with Crippen LogP contribution in [0.1, 0.15) is 38.8 Å². The molecule has 0 N–H and O–H groups in total. The normalized spacial score (nSPS) is 19.4. The van der Waals surface area contributed by atoms with Crippen LogP contribution in [0, 0.1) is 0 Å². The van der Waals surface area contributed by atoms with Crippen LogP contribution in [0.5, 0.6) is 5.75 Å². The Balaban J connectivity index is 1.99. The van der Waals surface area contributed by atoms with Crippen molar-refractivity contribution >= 4 is 26.8 Å². The molecule has 1 atom stereocenters. The van der Waals surface area contributed by atoms with E-state index in [1.807, 2.05) is 16.9 Å². The van der Waals surface area contributed by atoms with Crippen LogP contribution in [0.4, 0.5) is 0 Å². The molecule has 1 aromatic carbocycles. The molecule has 0 saturated carbocycles. The van der Waals surface area contributed by atoms with Gasteiger partial charge in [0.05, 0.1) is 28.2 Å². The third kappa shape index (κ3) is 2.56. The molecule has 0 aliphatic carbocycles. The van der Waals surface area contributed by atoms with E-state index in [9.17, 15) is 0 Å². The van der Waals surface area contributed by atoms with E-state index in [0.717, 1.165) is 47.0 Å². The summed E-state index contributed by atoms with van der Waals surface area (Å²) in [6, 6.07) is 4.09. The number of hydrogen-bond acceptors (Lipinski definition) is 3. The second-order valence-electron chi connectivity index (χ2n) is 5.07. The van der Waals surface area contributed by atoms with Crippen LogP contribution in [0.2, 0.25) is 0 Å². The highest BCUT2D eigenvalue weighted by molar-refractivity contribution is 9.10. The molecule has 108 valence electrons. The van der Waals surface area contributed by atoms with Crippen LogP contribution in [-0.2, 0) is 4.74 Å². The van der Waals surface area contributed by atoms with Crippen LogP contribution in [0.3, 0.4) is 0 Å². The summed E-state index contributed by atoms with van der Waals surface area (Å²) in [5.41, 5.74) is 1.08. The fraction of sp³-hybridized carbons (Fsp3) is 0.533. The van der Waals surface area contributed by atoms with Crippen molar-refractivity contribution in [3.8, 4) is 5.75 Å². The van der Waals surface area contributed by atoms with Crippen molar-refractivity contribution in [3.05, 3.63) is 22.8 Å². The van der Waals surface area contributed by atoms with Crippen molar-refractivity contribution in [2.45, 2.75) is 38.8 Å². The molecule has 20 heavy (non-hydrogen) atoms. The Morgan fingerprint density at radius 2 is 2.35 bits per heavy atom. The summed E-state index contributed by atoms with van der Waals surface area (Å²) in [6.07, 6.45) is 6.29. The molecule has 1 aliphatic heterocycles. The molecule has 1 aromatic heterocycles. The van der Waals surface area contributed by atoms with Crippen molar-refractivity contribution in [3.63, 3.8) is 0 Å². The van der Waals surface area contributed by atoms with Crippen LogP contribution < -0.4 is 4.74 Å². The monoisotopic (exact) mass is 338 g/mol.